The number of aryl methyl sites for hydroxylation is 1. The zero-order chi connectivity index (χ0) is 13.3. The van der Waals surface area contributed by atoms with Crippen LogP contribution in [0.2, 0.25) is 0 Å². The van der Waals surface area contributed by atoms with Crippen LogP contribution in [0.4, 0.5) is 5.69 Å². The van der Waals surface area contributed by atoms with Gasteiger partial charge in [0.2, 0.25) is 5.91 Å². The molecule has 0 bridgehead atoms. The first-order valence-electron chi connectivity index (χ1n) is 5.58. The molecule has 94 valence electrons. The number of nitrogens with zero attached hydrogens (tertiary/aromatic N) is 2. The van der Waals surface area contributed by atoms with E-state index >= 15 is 0 Å². The van der Waals surface area contributed by atoms with Crippen LogP contribution in [0.3, 0.4) is 0 Å². The average molecular weight is 262 g/mol. The molecule has 0 aromatic heterocycles. The number of anilines is 1. The van der Waals surface area contributed by atoms with Gasteiger partial charge in [-0.2, -0.15) is 0 Å². The van der Waals surface area contributed by atoms with Crippen molar-refractivity contribution in [1.82, 2.24) is 0 Å². The van der Waals surface area contributed by atoms with Crippen molar-refractivity contribution in [3.05, 3.63) is 29.3 Å². The molecule has 1 aliphatic rings. The topological polar surface area (TPSA) is 49.7 Å². The highest BCUT2D eigenvalue weighted by atomic mass is 32.2. The lowest BCUT2D eigenvalue weighted by Crippen LogP contribution is -2.30. The highest BCUT2D eigenvalue weighted by molar-refractivity contribution is 8.15. The van der Waals surface area contributed by atoms with E-state index in [-0.39, 0.29) is 11.7 Å². The monoisotopic (exact) mass is 262 g/mol. The third-order valence-corrected chi connectivity index (χ3v) is 3.74. The summed E-state index contributed by atoms with van der Waals surface area (Å²) in [6.07, 6.45) is 0. The molecule has 1 saturated heterocycles. The molecule has 0 aliphatic carbocycles. The summed E-state index contributed by atoms with van der Waals surface area (Å²) in [5.41, 5.74) is 2.20. The number of hydrogen-bond acceptors (Lipinski definition) is 4. The maximum absolute atomic E-state index is 11.9. The fourth-order valence-electron chi connectivity index (χ4n) is 1.89. The zero-order valence-corrected chi connectivity index (χ0v) is 11.4. The molecule has 1 fully saturated rings. The molecule has 5 heteroatoms. The van der Waals surface area contributed by atoms with Crippen molar-refractivity contribution >= 4 is 34.3 Å². The van der Waals surface area contributed by atoms with Crippen LogP contribution >= 0.6 is 11.8 Å². The minimum atomic E-state index is -0.0508. The first-order chi connectivity index (χ1) is 8.54. The lowest BCUT2D eigenvalue weighted by atomic mass is 10.1. The molecule has 0 radical (unpaired) electrons. The van der Waals surface area contributed by atoms with Gasteiger partial charge in [0, 0.05) is 12.6 Å². The van der Waals surface area contributed by atoms with Crippen molar-refractivity contribution in [2.24, 2.45) is 4.99 Å². The number of carbonyl (C=O) groups is 2. The molecule has 0 saturated carbocycles. The molecule has 18 heavy (non-hydrogen) atoms. The SMILES string of the molecule is CN=C1SCC(=O)N1c1cc(C)ccc1C(C)=O. The van der Waals surface area contributed by atoms with Gasteiger partial charge in [0.25, 0.3) is 0 Å². The Balaban J connectivity index is 2.59. The fourth-order valence-corrected chi connectivity index (χ4v) is 2.73. The van der Waals surface area contributed by atoms with Gasteiger partial charge in [-0.25, -0.2) is 0 Å². The molecular weight excluding hydrogens is 248 g/mol. The summed E-state index contributed by atoms with van der Waals surface area (Å²) in [6.45, 7) is 3.44. The Morgan fingerprint density at radius 2 is 2.17 bits per heavy atom. The quantitative estimate of drug-likeness (QED) is 0.768. The van der Waals surface area contributed by atoms with E-state index in [4.69, 9.17) is 0 Å². The average Bonchev–Trinajstić information content (AvgIpc) is 2.69. The normalized spacial score (nSPS) is 17.6. The number of amidine groups is 1. The van der Waals surface area contributed by atoms with Crippen LogP contribution < -0.4 is 4.90 Å². The predicted molar refractivity (Wildman–Crippen MR) is 74.5 cm³/mol. The molecule has 1 heterocycles. The molecule has 1 amide bonds. The first kappa shape index (κ1) is 12.8. The number of ketones is 1. The van der Waals surface area contributed by atoms with Gasteiger partial charge >= 0.3 is 0 Å². The summed E-state index contributed by atoms with van der Waals surface area (Å²) < 4.78 is 0. The summed E-state index contributed by atoms with van der Waals surface area (Å²) in [4.78, 5) is 29.2. The molecule has 0 unspecified atom stereocenters. The summed E-state index contributed by atoms with van der Waals surface area (Å²) in [6, 6.07) is 5.49. The Morgan fingerprint density at radius 3 is 2.78 bits per heavy atom. The summed E-state index contributed by atoms with van der Waals surface area (Å²) in [5.74, 6) is 0.289. The van der Waals surface area contributed by atoms with E-state index in [1.165, 1.54) is 23.6 Å². The Labute approximate surface area is 110 Å². The molecule has 1 aromatic carbocycles. The van der Waals surface area contributed by atoms with Gasteiger partial charge in [-0.15, -0.1) is 0 Å². The second-order valence-corrected chi connectivity index (χ2v) is 5.04. The number of thioether (sulfide) groups is 1. The number of hydrogen-bond donors (Lipinski definition) is 0. The second kappa shape index (κ2) is 4.94. The smallest absolute Gasteiger partial charge is 0.243 e. The van der Waals surface area contributed by atoms with Crippen molar-refractivity contribution in [2.45, 2.75) is 13.8 Å². The van der Waals surface area contributed by atoms with Crippen LogP contribution in [0.15, 0.2) is 23.2 Å². The van der Waals surface area contributed by atoms with Crippen molar-refractivity contribution in [2.75, 3.05) is 17.7 Å². The molecular formula is C13H14N2O2S. The third kappa shape index (κ3) is 2.18. The van der Waals surface area contributed by atoms with Gasteiger partial charge in [-0.05, 0) is 31.5 Å². The molecule has 2 rings (SSSR count). The van der Waals surface area contributed by atoms with Crippen LogP contribution in [0, 0.1) is 6.92 Å². The van der Waals surface area contributed by atoms with Gasteiger partial charge in [0.1, 0.15) is 0 Å². The fraction of sp³-hybridized carbons (Fsp3) is 0.308. The van der Waals surface area contributed by atoms with Crippen molar-refractivity contribution in [3.8, 4) is 0 Å². The van der Waals surface area contributed by atoms with E-state index in [2.05, 4.69) is 4.99 Å². The number of carbonyl (C=O) groups excluding carboxylic acids is 2. The number of benzene rings is 1. The number of amides is 1. The van der Waals surface area contributed by atoms with Gasteiger partial charge in [0.15, 0.2) is 11.0 Å². The molecule has 0 atom stereocenters. The van der Waals surface area contributed by atoms with Gasteiger partial charge in [0.05, 0.1) is 11.4 Å². The maximum atomic E-state index is 11.9. The molecule has 4 nitrogen and oxygen atoms in total. The minimum Gasteiger partial charge on any atom is -0.294 e. The van der Waals surface area contributed by atoms with Crippen LogP contribution in [0.25, 0.3) is 0 Å². The minimum absolute atomic E-state index is 0.0336. The zero-order valence-electron chi connectivity index (χ0n) is 10.6. The van der Waals surface area contributed by atoms with Gasteiger partial charge < -0.3 is 0 Å². The van der Waals surface area contributed by atoms with E-state index in [1.807, 2.05) is 19.1 Å². The number of aliphatic imine (C=N–C) groups is 1. The summed E-state index contributed by atoms with van der Waals surface area (Å²) in [7, 11) is 1.65. The van der Waals surface area contributed by atoms with E-state index in [0.717, 1.165) is 5.56 Å². The lowest BCUT2D eigenvalue weighted by molar-refractivity contribution is -0.115. The first-order valence-corrected chi connectivity index (χ1v) is 6.57. The highest BCUT2D eigenvalue weighted by Gasteiger charge is 2.31. The van der Waals surface area contributed by atoms with Crippen molar-refractivity contribution < 1.29 is 9.59 Å². The van der Waals surface area contributed by atoms with Crippen LogP contribution in [-0.4, -0.2) is 29.7 Å². The Hall–Kier alpha value is -1.62. The van der Waals surface area contributed by atoms with E-state index in [1.54, 1.807) is 13.1 Å². The predicted octanol–water partition coefficient (Wildman–Crippen LogP) is 2.26. The van der Waals surface area contributed by atoms with E-state index in [0.29, 0.717) is 22.2 Å². The Morgan fingerprint density at radius 1 is 1.44 bits per heavy atom. The van der Waals surface area contributed by atoms with Gasteiger partial charge in [-0.3, -0.25) is 19.5 Å². The molecule has 0 spiro atoms. The number of rotatable bonds is 2. The highest BCUT2D eigenvalue weighted by Crippen LogP contribution is 2.30. The Kier molecular flexibility index (Phi) is 3.52. The summed E-state index contributed by atoms with van der Waals surface area (Å²) >= 11 is 1.39. The molecule has 1 aromatic rings. The van der Waals surface area contributed by atoms with E-state index < -0.39 is 0 Å². The van der Waals surface area contributed by atoms with Crippen LogP contribution in [0.1, 0.15) is 22.8 Å². The summed E-state index contributed by atoms with van der Waals surface area (Å²) in [5, 5.41) is 0.646. The molecule has 1 aliphatic heterocycles. The largest absolute Gasteiger partial charge is 0.294 e. The van der Waals surface area contributed by atoms with Crippen LogP contribution in [0.5, 0.6) is 0 Å². The van der Waals surface area contributed by atoms with Crippen LogP contribution in [-0.2, 0) is 4.79 Å². The van der Waals surface area contributed by atoms with Crippen molar-refractivity contribution in [3.63, 3.8) is 0 Å². The standard InChI is InChI=1S/C13H14N2O2S/c1-8-4-5-10(9(2)16)11(6-8)15-12(17)7-18-13(15)14-3/h4-6H,7H2,1-3H3. The lowest BCUT2D eigenvalue weighted by Gasteiger charge is -2.19. The Bertz CT molecular complexity index is 552. The second-order valence-electron chi connectivity index (χ2n) is 4.10. The van der Waals surface area contributed by atoms with E-state index in [9.17, 15) is 9.59 Å². The van der Waals surface area contributed by atoms with Gasteiger partial charge in [-0.1, -0.05) is 17.8 Å². The third-order valence-electron chi connectivity index (χ3n) is 2.73. The maximum Gasteiger partial charge on any atom is 0.243 e. The van der Waals surface area contributed by atoms with Crippen molar-refractivity contribution in [1.29, 1.82) is 0 Å². The number of Topliss-reactive ketones (excluding diaryl/α,β-unsaturated/α-hetero) is 1. The molecule has 0 N–H and O–H groups in total.